The zero-order valence-electron chi connectivity index (χ0n) is 8.79. The van der Waals surface area contributed by atoms with Crippen LogP contribution in [0.15, 0.2) is 29.4 Å². The fraction of sp³-hybridized carbons (Fsp3) is 0.300. The molecule has 0 saturated heterocycles. The minimum absolute atomic E-state index is 0. The first-order valence-electron chi connectivity index (χ1n) is 4.50. The Labute approximate surface area is 99.5 Å². The highest BCUT2D eigenvalue weighted by Gasteiger charge is 2.03. The Morgan fingerprint density at radius 1 is 1.38 bits per heavy atom. The third-order valence-electron chi connectivity index (χ3n) is 2.06. The quantitative estimate of drug-likeness (QED) is 0.808. The topological polar surface area (TPSA) is 70.0 Å². The summed E-state index contributed by atoms with van der Waals surface area (Å²) in [5.41, 5.74) is 1.23. The highest BCUT2D eigenvalue weighted by Crippen LogP contribution is 2.18. The van der Waals surface area contributed by atoms with E-state index in [1.165, 1.54) is 0 Å². The minimum atomic E-state index is -0.826. The van der Waals surface area contributed by atoms with Gasteiger partial charge in [0, 0.05) is 19.3 Å². The lowest BCUT2D eigenvalue weighted by Crippen LogP contribution is -2.20. The van der Waals surface area contributed by atoms with E-state index in [4.69, 9.17) is 5.11 Å². The number of hydrogen-bond acceptors (Lipinski definition) is 4. The van der Waals surface area contributed by atoms with Crippen molar-refractivity contribution < 1.29 is 9.90 Å². The van der Waals surface area contributed by atoms with Gasteiger partial charge in [0.1, 0.15) is 5.69 Å². The number of carboxylic acids is 1. The summed E-state index contributed by atoms with van der Waals surface area (Å²) in [5.74, 6) is -0.826. The molecule has 0 atom stereocenters. The predicted octanol–water partition coefficient (Wildman–Crippen LogP) is 2.42. The molecule has 1 aromatic carbocycles. The van der Waals surface area contributed by atoms with Crippen LogP contribution >= 0.6 is 12.4 Å². The monoisotopic (exact) mass is 244 g/mol. The summed E-state index contributed by atoms with van der Waals surface area (Å²) in [6, 6.07) is 6.66. The van der Waals surface area contributed by atoms with E-state index in [-0.39, 0.29) is 18.8 Å². The van der Waals surface area contributed by atoms with Crippen molar-refractivity contribution in [2.24, 2.45) is 5.18 Å². The number of nitroso groups, excluding NO2 is 1. The number of halogens is 1. The second kappa shape index (κ2) is 6.79. The fourth-order valence-corrected chi connectivity index (χ4v) is 1.16. The highest BCUT2D eigenvalue weighted by atomic mass is 35.5. The minimum Gasteiger partial charge on any atom is -0.481 e. The Hall–Kier alpha value is -1.62. The van der Waals surface area contributed by atoms with Crippen LogP contribution in [0.5, 0.6) is 0 Å². The van der Waals surface area contributed by atoms with Crippen LogP contribution in [0.25, 0.3) is 0 Å². The van der Waals surface area contributed by atoms with Crippen molar-refractivity contribution in [2.75, 3.05) is 18.5 Å². The Bertz CT molecular complexity index is 354. The van der Waals surface area contributed by atoms with Crippen molar-refractivity contribution in [1.29, 1.82) is 0 Å². The smallest absolute Gasteiger partial charge is 0.305 e. The Morgan fingerprint density at radius 3 is 2.38 bits per heavy atom. The van der Waals surface area contributed by atoms with Crippen molar-refractivity contribution in [3.05, 3.63) is 29.2 Å². The standard InChI is InChI=1S/C10H12N2O3.ClH/c1-12(7-6-10(13)14)9-4-2-8(11-15)3-5-9;/h2-5H,6-7H2,1H3,(H,13,14);1H. The van der Waals surface area contributed by atoms with E-state index in [9.17, 15) is 9.70 Å². The summed E-state index contributed by atoms with van der Waals surface area (Å²) in [7, 11) is 1.80. The number of nitrogens with zero attached hydrogens (tertiary/aromatic N) is 2. The lowest BCUT2D eigenvalue weighted by Gasteiger charge is -2.17. The number of aliphatic carboxylic acids is 1. The number of rotatable bonds is 5. The van der Waals surface area contributed by atoms with Crippen LogP contribution in [0.4, 0.5) is 11.4 Å². The van der Waals surface area contributed by atoms with E-state index in [0.29, 0.717) is 12.2 Å². The molecule has 1 aromatic rings. The highest BCUT2D eigenvalue weighted by molar-refractivity contribution is 5.85. The summed E-state index contributed by atoms with van der Waals surface area (Å²) >= 11 is 0. The first kappa shape index (κ1) is 14.4. The molecule has 0 aliphatic rings. The van der Waals surface area contributed by atoms with Gasteiger partial charge in [0.15, 0.2) is 0 Å². The Balaban J connectivity index is 0.00000225. The van der Waals surface area contributed by atoms with Gasteiger partial charge in [-0.25, -0.2) is 0 Å². The molecule has 16 heavy (non-hydrogen) atoms. The number of carboxylic acid groups (broad SMARTS) is 1. The zero-order chi connectivity index (χ0) is 11.3. The second-order valence-electron chi connectivity index (χ2n) is 3.17. The van der Waals surface area contributed by atoms with Crippen LogP contribution in [0.3, 0.4) is 0 Å². The lowest BCUT2D eigenvalue weighted by molar-refractivity contribution is -0.136. The third kappa shape index (κ3) is 4.27. The largest absolute Gasteiger partial charge is 0.481 e. The van der Waals surface area contributed by atoms with Gasteiger partial charge in [-0.15, -0.1) is 17.3 Å². The molecule has 0 spiro atoms. The molecule has 0 amide bonds. The number of carbonyl (C=O) groups is 1. The molecule has 0 saturated carbocycles. The molecule has 1 rings (SSSR count). The van der Waals surface area contributed by atoms with E-state index >= 15 is 0 Å². The van der Waals surface area contributed by atoms with Crippen molar-refractivity contribution >= 4 is 29.8 Å². The lowest BCUT2D eigenvalue weighted by atomic mass is 10.2. The average molecular weight is 245 g/mol. The van der Waals surface area contributed by atoms with Crippen LogP contribution in [0.2, 0.25) is 0 Å². The Kier molecular flexibility index (Phi) is 6.10. The van der Waals surface area contributed by atoms with E-state index in [2.05, 4.69) is 5.18 Å². The molecule has 0 aliphatic heterocycles. The van der Waals surface area contributed by atoms with Gasteiger partial charge in [-0.2, -0.15) is 0 Å². The van der Waals surface area contributed by atoms with Gasteiger partial charge in [-0.3, -0.25) is 4.79 Å². The maximum Gasteiger partial charge on any atom is 0.305 e. The van der Waals surface area contributed by atoms with Gasteiger partial charge in [0.25, 0.3) is 0 Å². The maximum atomic E-state index is 10.4. The van der Waals surface area contributed by atoms with Gasteiger partial charge in [-0.1, -0.05) is 0 Å². The molecule has 5 nitrogen and oxygen atoms in total. The van der Waals surface area contributed by atoms with Crippen LogP contribution in [-0.4, -0.2) is 24.7 Å². The van der Waals surface area contributed by atoms with Gasteiger partial charge in [0.05, 0.1) is 6.42 Å². The molecule has 0 heterocycles. The second-order valence-corrected chi connectivity index (χ2v) is 3.17. The zero-order valence-corrected chi connectivity index (χ0v) is 9.61. The van der Waals surface area contributed by atoms with Gasteiger partial charge in [0.2, 0.25) is 0 Å². The van der Waals surface area contributed by atoms with Crippen LogP contribution in [0, 0.1) is 4.91 Å². The molecule has 0 aliphatic carbocycles. The molecule has 88 valence electrons. The van der Waals surface area contributed by atoms with Crippen LogP contribution in [-0.2, 0) is 4.79 Å². The summed E-state index contributed by atoms with van der Waals surface area (Å²) in [6.07, 6.45) is 0.0875. The van der Waals surface area contributed by atoms with Crippen LogP contribution < -0.4 is 4.90 Å². The molecule has 0 unspecified atom stereocenters. The van der Waals surface area contributed by atoms with Gasteiger partial charge < -0.3 is 10.0 Å². The van der Waals surface area contributed by atoms with Crippen molar-refractivity contribution in [3.8, 4) is 0 Å². The summed E-state index contributed by atoms with van der Waals surface area (Å²) in [4.78, 5) is 22.3. The summed E-state index contributed by atoms with van der Waals surface area (Å²) < 4.78 is 0. The molecule has 6 heteroatoms. The van der Waals surface area contributed by atoms with Crippen molar-refractivity contribution in [3.63, 3.8) is 0 Å². The normalized spacial score (nSPS) is 9.06. The number of hydrogen-bond donors (Lipinski definition) is 1. The summed E-state index contributed by atoms with van der Waals surface area (Å²) in [5, 5.41) is 11.3. The van der Waals surface area contributed by atoms with E-state index in [1.807, 2.05) is 4.90 Å². The molecule has 1 N–H and O–H groups in total. The molecule has 0 fully saturated rings. The fourth-order valence-electron chi connectivity index (χ4n) is 1.16. The molecule has 0 radical (unpaired) electrons. The SMILES string of the molecule is CN(CCC(=O)O)c1ccc(N=O)cc1.Cl. The van der Waals surface area contributed by atoms with E-state index < -0.39 is 5.97 Å². The average Bonchev–Trinajstić information content (AvgIpc) is 2.26. The van der Waals surface area contributed by atoms with Gasteiger partial charge in [-0.05, 0) is 29.4 Å². The number of anilines is 1. The third-order valence-corrected chi connectivity index (χ3v) is 2.06. The molecular formula is C10H13ClN2O3. The Morgan fingerprint density at radius 2 is 1.94 bits per heavy atom. The molecule has 0 aromatic heterocycles. The van der Waals surface area contributed by atoms with Crippen molar-refractivity contribution in [2.45, 2.75) is 6.42 Å². The summed E-state index contributed by atoms with van der Waals surface area (Å²) in [6.45, 7) is 0.434. The number of benzene rings is 1. The van der Waals surface area contributed by atoms with Crippen LogP contribution in [0.1, 0.15) is 6.42 Å². The van der Waals surface area contributed by atoms with E-state index in [1.54, 1.807) is 31.3 Å². The maximum absolute atomic E-state index is 10.4. The molecular weight excluding hydrogens is 232 g/mol. The molecule has 0 bridgehead atoms. The van der Waals surface area contributed by atoms with Gasteiger partial charge >= 0.3 is 5.97 Å². The van der Waals surface area contributed by atoms with Crippen molar-refractivity contribution in [1.82, 2.24) is 0 Å². The predicted molar refractivity (Wildman–Crippen MR) is 64.7 cm³/mol. The first-order valence-corrected chi connectivity index (χ1v) is 4.50. The van der Waals surface area contributed by atoms with E-state index in [0.717, 1.165) is 5.69 Å². The first-order chi connectivity index (χ1) is 7.13.